The summed E-state index contributed by atoms with van der Waals surface area (Å²) in [5, 5.41) is 6.39. The molecular formula is C17H15ClN4O3S. The molecule has 2 aromatic rings. The monoisotopic (exact) mass is 390 g/mol. The molecule has 0 fully saturated rings. The van der Waals surface area contributed by atoms with Crippen LogP contribution in [0.1, 0.15) is 6.42 Å². The van der Waals surface area contributed by atoms with E-state index in [0.717, 1.165) is 0 Å². The number of anilines is 2. The van der Waals surface area contributed by atoms with E-state index < -0.39 is 12.0 Å². The molecule has 3 rings (SSSR count). The minimum atomic E-state index is -0.913. The van der Waals surface area contributed by atoms with Gasteiger partial charge in [0.05, 0.1) is 12.1 Å². The first-order valence-corrected chi connectivity index (χ1v) is 8.48. The summed E-state index contributed by atoms with van der Waals surface area (Å²) in [5.41, 5.74) is 6.30. The Balaban J connectivity index is 1.47. The smallest absolute Gasteiger partial charge is 0.266 e. The molecule has 0 unspecified atom stereocenters. The van der Waals surface area contributed by atoms with E-state index in [9.17, 15) is 9.59 Å². The van der Waals surface area contributed by atoms with Crippen LogP contribution >= 0.6 is 23.8 Å². The van der Waals surface area contributed by atoms with Gasteiger partial charge < -0.3 is 15.4 Å². The van der Waals surface area contributed by atoms with Crippen molar-refractivity contribution >= 4 is 52.1 Å². The first-order chi connectivity index (χ1) is 12.5. The molecule has 26 heavy (non-hydrogen) atoms. The summed E-state index contributed by atoms with van der Waals surface area (Å²) in [5.74, 6) is -0.289. The summed E-state index contributed by atoms with van der Waals surface area (Å²) < 4.78 is 5.57. The number of halogens is 1. The molecule has 0 aliphatic carbocycles. The van der Waals surface area contributed by atoms with Gasteiger partial charge in [-0.15, -0.1) is 0 Å². The maximum absolute atomic E-state index is 12.0. The van der Waals surface area contributed by atoms with Crippen molar-refractivity contribution in [2.75, 3.05) is 10.6 Å². The second-order valence-electron chi connectivity index (χ2n) is 5.43. The van der Waals surface area contributed by atoms with Crippen molar-refractivity contribution in [1.29, 1.82) is 0 Å². The largest absolute Gasteiger partial charge is 0.478 e. The fourth-order valence-corrected chi connectivity index (χ4v) is 2.56. The highest BCUT2D eigenvalue weighted by molar-refractivity contribution is 7.80. The van der Waals surface area contributed by atoms with Crippen molar-refractivity contribution in [1.82, 2.24) is 10.9 Å². The lowest BCUT2D eigenvalue weighted by molar-refractivity contribution is -0.130. The molecule has 0 saturated carbocycles. The molecule has 0 saturated heterocycles. The zero-order chi connectivity index (χ0) is 18.5. The highest BCUT2D eigenvalue weighted by Gasteiger charge is 2.29. The van der Waals surface area contributed by atoms with Crippen LogP contribution < -0.4 is 26.2 Å². The standard InChI is InChI=1S/C17H15ClN4O3S/c18-10-5-7-11(8-6-10)19-17(26)22-21-15(23)9-14-16(24)20-12-3-1-2-4-13(12)25-14/h1-8,14H,9H2,(H,20,24)(H,21,23)(H2,19,22,26)/t14-/m0/s1. The number of carbonyl (C=O) groups is 2. The molecule has 2 aromatic carbocycles. The Hall–Kier alpha value is -2.84. The van der Waals surface area contributed by atoms with Gasteiger partial charge in [-0.05, 0) is 48.6 Å². The molecule has 0 spiro atoms. The SMILES string of the molecule is O=C(C[C@@H]1Oc2ccccc2NC1=O)NNC(=S)Nc1ccc(Cl)cc1. The molecule has 0 radical (unpaired) electrons. The van der Waals surface area contributed by atoms with Crippen molar-refractivity contribution in [3.8, 4) is 5.75 Å². The highest BCUT2D eigenvalue weighted by Crippen LogP contribution is 2.29. The van der Waals surface area contributed by atoms with Gasteiger partial charge in [0.1, 0.15) is 5.75 Å². The molecule has 1 heterocycles. The Labute approximate surface area is 160 Å². The number of nitrogens with one attached hydrogen (secondary N) is 4. The number of thiocarbonyl (C=S) groups is 1. The number of hydrogen-bond donors (Lipinski definition) is 4. The second-order valence-corrected chi connectivity index (χ2v) is 6.27. The Kier molecular flexibility index (Phi) is 5.55. The number of fused-ring (bicyclic) bond motifs is 1. The Bertz CT molecular complexity index is 844. The minimum Gasteiger partial charge on any atom is -0.478 e. The summed E-state index contributed by atoms with van der Waals surface area (Å²) in [7, 11) is 0. The van der Waals surface area contributed by atoms with E-state index in [-0.39, 0.29) is 17.4 Å². The fraction of sp³-hybridized carbons (Fsp3) is 0.118. The first-order valence-electron chi connectivity index (χ1n) is 7.69. The van der Waals surface area contributed by atoms with Crippen LogP contribution in [0.2, 0.25) is 5.02 Å². The molecule has 0 aromatic heterocycles. The lowest BCUT2D eigenvalue weighted by atomic mass is 10.1. The third kappa shape index (κ3) is 4.62. The van der Waals surface area contributed by atoms with E-state index in [1.807, 2.05) is 0 Å². The second kappa shape index (κ2) is 8.03. The normalized spacial score (nSPS) is 15.1. The molecule has 7 nitrogen and oxygen atoms in total. The molecular weight excluding hydrogens is 376 g/mol. The molecule has 9 heteroatoms. The number of rotatable bonds is 3. The Morgan fingerprint density at radius 1 is 1.15 bits per heavy atom. The topological polar surface area (TPSA) is 91.5 Å². The van der Waals surface area contributed by atoms with Gasteiger partial charge in [-0.2, -0.15) is 0 Å². The average Bonchev–Trinajstić information content (AvgIpc) is 2.62. The molecule has 4 N–H and O–H groups in total. The van der Waals surface area contributed by atoms with Crippen molar-refractivity contribution in [3.63, 3.8) is 0 Å². The van der Waals surface area contributed by atoms with Gasteiger partial charge in [0.25, 0.3) is 5.91 Å². The van der Waals surface area contributed by atoms with Crippen LogP contribution in [0.4, 0.5) is 11.4 Å². The number of hydrazine groups is 1. The van der Waals surface area contributed by atoms with Crippen molar-refractivity contribution in [2.24, 2.45) is 0 Å². The van der Waals surface area contributed by atoms with E-state index >= 15 is 0 Å². The molecule has 134 valence electrons. The molecule has 1 aliphatic heterocycles. The third-order valence-electron chi connectivity index (χ3n) is 3.49. The van der Waals surface area contributed by atoms with E-state index in [0.29, 0.717) is 22.1 Å². The highest BCUT2D eigenvalue weighted by atomic mass is 35.5. The molecule has 2 amide bonds. The summed E-state index contributed by atoms with van der Waals surface area (Å²) in [6.45, 7) is 0. The lowest BCUT2D eigenvalue weighted by Gasteiger charge is -2.25. The Morgan fingerprint density at radius 3 is 2.65 bits per heavy atom. The van der Waals surface area contributed by atoms with Gasteiger partial charge in [-0.25, -0.2) is 0 Å². The van der Waals surface area contributed by atoms with Crippen LogP contribution in [0.25, 0.3) is 0 Å². The van der Waals surface area contributed by atoms with E-state index in [1.54, 1.807) is 48.5 Å². The fourth-order valence-electron chi connectivity index (χ4n) is 2.27. The summed E-state index contributed by atoms with van der Waals surface area (Å²) in [6, 6.07) is 13.9. The summed E-state index contributed by atoms with van der Waals surface area (Å²) in [4.78, 5) is 24.0. The number of ether oxygens (including phenoxy) is 1. The molecule has 0 bridgehead atoms. The summed E-state index contributed by atoms with van der Waals surface area (Å²) in [6.07, 6.45) is -1.07. The first kappa shape index (κ1) is 18.0. The van der Waals surface area contributed by atoms with Crippen molar-refractivity contribution < 1.29 is 14.3 Å². The number of hydrogen-bond acceptors (Lipinski definition) is 4. The maximum atomic E-state index is 12.0. The third-order valence-corrected chi connectivity index (χ3v) is 3.95. The van der Waals surface area contributed by atoms with Crippen LogP contribution in [0.3, 0.4) is 0 Å². The lowest BCUT2D eigenvalue weighted by Crippen LogP contribution is -2.47. The van der Waals surface area contributed by atoms with E-state index in [2.05, 4.69) is 21.5 Å². The van der Waals surface area contributed by atoms with Crippen molar-refractivity contribution in [2.45, 2.75) is 12.5 Å². The van der Waals surface area contributed by atoms with Gasteiger partial charge >= 0.3 is 0 Å². The Morgan fingerprint density at radius 2 is 1.88 bits per heavy atom. The van der Waals surface area contributed by atoms with Crippen LogP contribution in [0, 0.1) is 0 Å². The number of amides is 2. The van der Waals surface area contributed by atoms with E-state index in [1.165, 1.54) is 0 Å². The zero-order valence-electron chi connectivity index (χ0n) is 13.4. The number of carbonyl (C=O) groups excluding carboxylic acids is 2. The predicted molar refractivity (Wildman–Crippen MR) is 103 cm³/mol. The molecule has 1 aliphatic rings. The quantitative estimate of drug-likeness (QED) is 0.475. The van der Waals surface area contributed by atoms with E-state index in [4.69, 9.17) is 28.6 Å². The number of benzene rings is 2. The van der Waals surface area contributed by atoms with Gasteiger partial charge in [-0.3, -0.25) is 20.4 Å². The van der Waals surface area contributed by atoms with Crippen LogP contribution in [0.15, 0.2) is 48.5 Å². The molecule has 1 atom stereocenters. The van der Waals surface area contributed by atoms with Gasteiger partial charge in [0, 0.05) is 10.7 Å². The van der Waals surface area contributed by atoms with Gasteiger partial charge in [0.2, 0.25) is 5.91 Å². The predicted octanol–water partition coefficient (Wildman–Crippen LogP) is 2.45. The van der Waals surface area contributed by atoms with Crippen LogP contribution in [-0.2, 0) is 9.59 Å². The van der Waals surface area contributed by atoms with Crippen molar-refractivity contribution in [3.05, 3.63) is 53.6 Å². The van der Waals surface area contributed by atoms with Crippen LogP contribution in [-0.4, -0.2) is 23.0 Å². The maximum Gasteiger partial charge on any atom is 0.266 e. The van der Waals surface area contributed by atoms with Crippen LogP contribution in [0.5, 0.6) is 5.75 Å². The summed E-state index contributed by atoms with van der Waals surface area (Å²) >= 11 is 10.9. The van der Waals surface area contributed by atoms with Gasteiger partial charge in [0.15, 0.2) is 11.2 Å². The van der Waals surface area contributed by atoms with Gasteiger partial charge in [-0.1, -0.05) is 23.7 Å². The number of para-hydroxylation sites is 2. The minimum absolute atomic E-state index is 0.156. The zero-order valence-corrected chi connectivity index (χ0v) is 15.0. The average molecular weight is 391 g/mol.